The summed E-state index contributed by atoms with van der Waals surface area (Å²) >= 11 is 0. The zero-order valence-corrected chi connectivity index (χ0v) is 10.1. The van der Waals surface area contributed by atoms with E-state index in [9.17, 15) is 0 Å². The Morgan fingerprint density at radius 2 is 0.706 bits per heavy atom. The highest BCUT2D eigenvalue weighted by Crippen LogP contribution is 1.89. The first kappa shape index (κ1) is 23.1. The minimum absolute atomic E-state index is 0.667. The summed E-state index contributed by atoms with van der Waals surface area (Å²) in [4.78, 5) is 0. The van der Waals surface area contributed by atoms with Crippen LogP contribution in [0.15, 0.2) is 0 Å². The molecule has 0 bridgehead atoms. The van der Waals surface area contributed by atoms with Crippen molar-refractivity contribution >= 4 is 110 Å². The Morgan fingerprint density at radius 1 is 0.529 bits per heavy atom. The van der Waals surface area contributed by atoms with Gasteiger partial charge in [-0.15, -0.1) is 12.4 Å². The Kier molecular flexibility index (Phi) is 26.2. The summed E-state index contributed by atoms with van der Waals surface area (Å²) in [6.45, 7) is 0. The number of hydrogen-bond acceptors (Lipinski definition) is 0. The molecule has 0 amide bonds. The monoisotopic (exact) mass is 193 g/mol. The lowest BCUT2D eigenvalue weighted by Crippen LogP contribution is -2.11. The van der Waals surface area contributed by atoms with Crippen LogP contribution >= 0.6 is 0 Å². The molecule has 15 heteroatoms. The average molecular weight is 190 g/mol. The Morgan fingerprint density at radius 3 is 0.765 bits per heavy atom. The second-order valence-corrected chi connectivity index (χ2v) is 2.96. The first-order valence-electron chi connectivity index (χ1n) is 4.97. The molecule has 0 saturated carbocycles. The highest BCUT2D eigenvalue weighted by Gasteiger charge is 2.00. The van der Waals surface area contributed by atoms with Gasteiger partial charge in [0.25, 0.3) is 0 Å². The fourth-order valence-electron chi connectivity index (χ4n) is 0.481. The van der Waals surface area contributed by atoms with Gasteiger partial charge in [-0.05, 0) is 0 Å². The molecule has 0 spiro atoms. The van der Waals surface area contributed by atoms with Crippen LogP contribution in [0.2, 0.25) is 12.4 Å². The maximum atomic E-state index is 4.67. The lowest BCUT2D eigenvalue weighted by atomic mass is 9.08. The van der Waals surface area contributed by atoms with Gasteiger partial charge in [-0.25, -0.2) is 0 Å². The zero-order chi connectivity index (χ0) is 14.3. The molecule has 0 aromatic carbocycles. The third kappa shape index (κ3) is 107. The summed E-state index contributed by atoms with van der Waals surface area (Å²) < 4.78 is 0. The Hall–Kier alpha value is 0.974. The van der Waals surface area contributed by atoms with Crippen LogP contribution < -0.4 is 0 Å². The quantitative estimate of drug-likeness (QED) is 0.336. The molecule has 0 atom stereocenters. The van der Waals surface area contributed by atoms with Crippen molar-refractivity contribution in [3.63, 3.8) is 0 Å². The van der Waals surface area contributed by atoms with Crippen LogP contribution in [0.1, 0.15) is 0 Å². The van der Waals surface area contributed by atoms with Gasteiger partial charge in [0.1, 0.15) is 0 Å². The van der Waals surface area contributed by atoms with Gasteiger partial charge in [0, 0.05) is 88.8 Å². The number of rotatable bonds is 0. The molecule has 1 aliphatic heterocycles. The third-order valence-corrected chi connectivity index (χ3v) is 0.772. The van der Waals surface area contributed by atoms with Gasteiger partial charge in [-0.1, -0.05) is 0 Å². The van der Waals surface area contributed by atoms with Gasteiger partial charge in [0.2, 0.25) is 0 Å². The molecule has 0 nitrogen and oxygen atoms in total. The molecular formula is C2H4B15. The van der Waals surface area contributed by atoms with Crippen LogP contribution in [0.3, 0.4) is 0 Å². The molecule has 0 unspecified atom stereocenters. The smallest absolute Gasteiger partial charge is 0.0901 e. The molecule has 1 heterocycles. The van der Waals surface area contributed by atoms with E-state index in [0.29, 0.717) is 0 Å². The zero-order valence-electron chi connectivity index (χ0n) is 10.1. The molecule has 1 aliphatic rings. The summed E-state index contributed by atoms with van der Waals surface area (Å²) in [6, 6.07) is 0. The fourth-order valence-corrected chi connectivity index (χ4v) is 0.481. The van der Waals surface area contributed by atoms with Crippen molar-refractivity contribution in [2.45, 2.75) is 12.4 Å². The second-order valence-electron chi connectivity index (χ2n) is 2.96. The van der Waals surface area contributed by atoms with Gasteiger partial charge in [-0.3, -0.25) is 0 Å². The number of hydrogen-bond donors (Lipinski definition) is 0. The summed E-state index contributed by atoms with van der Waals surface area (Å²) in [7, 11) is 48.6. The molecule has 0 aromatic rings. The van der Waals surface area contributed by atoms with Gasteiger partial charge < -0.3 is 0 Å². The van der Waals surface area contributed by atoms with Crippen molar-refractivity contribution in [2.24, 2.45) is 0 Å². The summed E-state index contributed by atoms with van der Waals surface area (Å²) in [6.07, 6.45) is 0.389. The summed E-state index contributed by atoms with van der Waals surface area (Å²) in [5.74, 6) is 0. The Labute approximate surface area is 123 Å². The topological polar surface area (TPSA) is 0 Å². The first-order valence-corrected chi connectivity index (χ1v) is 4.97. The minimum atomic E-state index is -0.667. The van der Waals surface area contributed by atoms with Gasteiger partial charge in [-0.2, -0.15) is 0 Å². The predicted molar refractivity (Wildman–Crippen MR) is 95.9 cm³/mol. The lowest BCUT2D eigenvalue weighted by Gasteiger charge is -1.73. The molecule has 0 aliphatic carbocycles. The molecular weight excluding hydrogens is 186 g/mol. The third-order valence-electron chi connectivity index (χ3n) is 0.772. The van der Waals surface area contributed by atoms with Crippen LogP contribution in [-0.4, -0.2) is 110 Å². The van der Waals surface area contributed by atoms with Crippen molar-refractivity contribution in [1.82, 2.24) is 0 Å². The van der Waals surface area contributed by atoms with E-state index in [4.69, 9.17) is 0 Å². The van der Waals surface area contributed by atoms with Gasteiger partial charge >= 0.3 is 0 Å². The molecule has 1 rings (SSSR count). The van der Waals surface area contributed by atoms with E-state index in [2.05, 4.69) is 91.3 Å². The van der Waals surface area contributed by atoms with Gasteiger partial charge in [0.05, 0.1) is 21.6 Å². The van der Waals surface area contributed by atoms with Crippen LogP contribution in [0.5, 0.6) is 0 Å². The van der Waals surface area contributed by atoms with Crippen molar-refractivity contribution in [3.8, 4) is 0 Å². The van der Waals surface area contributed by atoms with Crippen molar-refractivity contribution in [1.29, 1.82) is 0 Å². The van der Waals surface area contributed by atoms with E-state index in [0.717, 1.165) is 0 Å². The first-order chi connectivity index (χ1) is 7.70. The molecule has 17 heavy (non-hydrogen) atoms. The average Bonchev–Trinajstić information content (AvgIpc) is 2.53. The molecule has 57 valence electrons. The maximum absolute atomic E-state index is 4.67. The molecule has 0 N–H and O–H groups in total. The Balaban J connectivity index is -0.000000155. The molecule has 1 saturated heterocycles. The molecule has 1 fully saturated rings. The highest BCUT2D eigenvalue weighted by molar-refractivity contribution is 7.49. The van der Waals surface area contributed by atoms with Crippen LogP contribution in [0, 0.1) is 0 Å². The summed E-state index contributed by atoms with van der Waals surface area (Å²) in [5.41, 5.74) is 0. The van der Waals surface area contributed by atoms with E-state index in [1.165, 1.54) is 12.4 Å². The van der Waals surface area contributed by atoms with E-state index in [-0.39, 0.29) is 0 Å². The van der Waals surface area contributed by atoms with Crippen LogP contribution in [0.4, 0.5) is 0 Å². The lowest BCUT2D eigenvalue weighted by molar-refractivity contribution is 1.96. The van der Waals surface area contributed by atoms with Crippen LogP contribution in [-0.2, 0) is 0 Å². The molecule has 0 aromatic heterocycles. The van der Waals surface area contributed by atoms with E-state index < -0.39 is 19.2 Å². The Bertz CT molecular complexity index is 75.4. The van der Waals surface area contributed by atoms with Crippen LogP contribution in [0.25, 0.3) is 0 Å². The van der Waals surface area contributed by atoms with Crippen molar-refractivity contribution in [2.75, 3.05) is 0 Å². The maximum Gasteiger partial charge on any atom is 0.0901 e. The molecule has 21 radical (unpaired) electrons. The van der Waals surface area contributed by atoms with E-state index in [1.54, 1.807) is 0 Å². The minimum Gasteiger partial charge on any atom is -0.114 e. The fraction of sp³-hybridized carbons (Fsp3) is 1.00. The largest absolute Gasteiger partial charge is 0.114 e. The standard InChI is InChI=1S/C2H4B3.3B4/c1-3-2-5-4-1;3*1-4(2)3/h1-2H2;;;. The predicted octanol–water partition coefficient (Wildman–Crippen LogP) is -4.79. The second kappa shape index (κ2) is 19.3. The van der Waals surface area contributed by atoms with Crippen molar-refractivity contribution in [3.05, 3.63) is 0 Å². The normalized spacial score (nSPS) is 9.88. The highest BCUT2D eigenvalue weighted by atomic mass is 13.4. The van der Waals surface area contributed by atoms with Gasteiger partial charge in [0.15, 0.2) is 0 Å². The SMILES string of the molecule is [B]1[B]C[B]C1.[B]B([B])[B].[B]B([B])[B].[B]B([B])[B]. The van der Waals surface area contributed by atoms with E-state index >= 15 is 0 Å². The van der Waals surface area contributed by atoms with E-state index in [1.807, 2.05) is 0 Å². The summed E-state index contributed by atoms with van der Waals surface area (Å²) in [5, 5.41) is 0. The van der Waals surface area contributed by atoms with Crippen molar-refractivity contribution < 1.29 is 0 Å².